The molecular weight excluding hydrogens is 450 g/mol. The van der Waals surface area contributed by atoms with Gasteiger partial charge in [-0.3, -0.25) is 14.4 Å². The van der Waals surface area contributed by atoms with Crippen molar-refractivity contribution < 1.29 is 14.4 Å². The van der Waals surface area contributed by atoms with Crippen molar-refractivity contribution in [3.63, 3.8) is 0 Å². The summed E-state index contributed by atoms with van der Waals surface area (Å²) in [6.45, 7) is 3.13. The van der Waals surface area contributed by atoms with Gasteiger partial charge in [-0.15, -0.1) is 14.8 Å². The molecule has 2 aliphatic rings. The molecule has 1 unspecified atom stereocenters. The van der Waals surface area contributed by atoms with Crippen molar-refractivity contribution in [2.45, 2.75) is 32.2 Å². The van der Waals surface area contributed by atoms with E-state index in [1.54, 1.807) is 18.0 Å². The monoisotopic (exact) mass is 477 g/mol. The van der Waals surface area contributed by atoms with Gasteiger partial charge in [0.2, 0.25) is 17.7 Å². The first kappa shape index (κ1) is 22.7. The molecule has 3 amide bonds. The van der Waals surface area contributed by atoms with E-state index < -0.39 is 0 Å². The highest BCUT2D eigenvalue weighted by molar-refractivity contribution is 6.05. The van der Waals surface area contributed by atoms with E-state index in [2.05, 4.69) is 30.8 Å². The summed E-state index contributed by atoms with van der Waals surface area (Å²) >= 11 is 0. The summed E-state index contributed by atoms with van der Waals surface area (Å²) in [6, 6.07) is 10.6. The second-order valence-corrected chi connectivity index (χ2v) is 9.06. The van der Waals surface area contributed by atoms with Crippen molar-refractivity contribution in [2.24, 2.45) is 5.92 Å². The Morgan fingerprint density at radius 3 is 2.71 bits per heavy atom. The van der Waals surface area contributed by atoms with Crippen LogP contribution >= 0.6 is 0 Å². The molecule has 12 nitrogen and oxygen atoms in total. The minimum absolute atomic E-state index is 0.0492. The van der Waals surface area contributed by atoms with E-state index in [9.17, 15) is 14.4 Å². The summed E-state index contributed by atoms with van der Waals surface area (Å²) in [4.78, 5) is 43.9. The fraction of sp³-hybridized carbons (Fsp3) is 0.435. The van der Waals surface area contributed by atoms with E-state index >= 15 is 0 Å². The third-order valence-corrected chi connectivity index (χ3v) is 6.60. The zero-order valence-electron chi connectivity index (χ0n) is 19.7. The Morgan fingerprint density at radius 2 is 1.91 bits per heavy atom. The smallest absolute Gasteiger partial charge is 0.246 e. The van der Waals surface area contributed by atoms with Crippen LogP contribution in [0.5, 0.6) is 0 Å². The molecule has 0 aliphatic carbocycles. The highest BCUT2D eigenvalue weighted by atomic mass is 16.2. The number of piperidine rings is 1. The Labute approximate surface area is 201 Å². The lowest BCUT2D eigenvalue weighted by atomic mass is 9.95. The van der Waals surface area contributed by atoms with Gasteiger partial charge in [0.25, 0.3) is 0 Å². The topological polar surface area (TPSA) is 129 Å². The van der Waals surface area contributed by atoms with Crippen LogP contribution in [0.15, 0.2) is 36.4 Å². The molecule has 3 aromatic rings. The number of carbonyl (C=O) groups excluding carboxylic acids is 3. The number of carbonyl (C=O) groups is 3. The van der Waals surface area contributed by atoms with Crippen molar-refractivity contribution >= 4 is 40.6 Å². The molecule has 1 saturated heterocycles. The van der Waals surface area contributed by atoms with Gasteiger partial charge in [-0.25, -0.2) is 0 Å². The van der Waals surface area contributed by atoms with Crippen LogP contribution in [0, 0.1) is 5.92 Å². The van der Waals surface area contributed by atoms with Crippen molar-refractivity contribution in [3.05, 3.63) is 36.4 Å². The van der Waals surface area contributed by atoms with Crippen molar-refractivity contribution in [2.75, 3.05) is 41.8 Å². The van der Waals surface area contributed by atoms with Crippen LogP contribution in [-0.2, 0) is 14.4 Å². The molecule has 1 N–H and O–H groups in total. The Kier molecular flexibility index (Phi) is 6.01. The molecule has 182 valence electrons. The standard InChI is InChI=1S/C23H27N9O3/c1-15-13-21(33)24-17-5-3-4-6-18(17)31(15)22(34)14-29(2)23(35)16-9-11-30(12-10-16)20-8-7-19-25-27-28-32(19)26-20/h3-8,15-16H,9-14H2,1-2H3,(H,24,33). The summed E-state index contributed by atoms with van der Waals surface area (Å²) in [5.41, 5.74) is 1.83. The number of aromatic nitrogens is 5. The third-order valence-electron chi connectivity index (χ3n) is 6.60. The normalized spacial score (nSPS) is 18.7. The fourth-order valence-electron chi connectivity index (χ4n) is 4.80. The van der Waals surface area contributed by atoms with Gasteiger partial charge >= 0.3 is 0 Å². The maximum Gasteiger partial charge on any atom is 0.246 e. The number of para-hydroxylation sites is 2. The fourth-order valence-corrected chi connectivity index (χ4v) is 4.80. The van der Waals surface area contributed by atoms with Crippen molar-refractivity contribution in [3.8, 4) is 0 Å². The van der Waals surface area contributed by atoms with Crippen LogP contribution in [0.25, 0.3) is 5.65 Å². The Hall–Kier alpha value is -4.09. The number of amides is 3. The molecule has 1 atom stereocenters. The van der Waals surface area contributed by atoms with Crippen molar-refractivity contribution in [1.29, 1.82) is 0 Å². The predicted molar refractivity (Wildman–Crippen MR) is 128 cm³/mol. The van der Waals surface area contributed by atoms with Crippen LogP contribution in [0.4, 0.5) is 17.2 Å². The van der Waals surface area contributed by atoms with E-state index in [4.69, 9.17) is 0 Å². The zero-order valence-corrected chi connectivity index (χ0v) is 19.7. The first-order chi connectivity index (χ1) is 16.9. The average molecular weight is 478 g/mol. The molecule has 1 aromatic carbocycles. The number of likely N-dealkylation sites (N-methyl/N-ethyl adjacent to an activating group) is 1. The molecule has 0 spiro atoms. The number of hydrogen-bond acceptors (Lipinski definition) is 8. The minimum atomic E-state index is -0.317. The van der Waals surface area contributed by atoms with E-state index in [1.165, 1.54) is 9.53 Å². The van der Waals surface area contributed by atoms with E-state index in [0.717, 1.165) is 5.82 Å². The molecule has 5 rings (SSSR count). The summed E-state index contributed by atoms with van der Waals surface area (Å²) < 4.78 is 1.39. The summed E-state index contributed by atoms with van der Waals surface area (Å²) in [5.74, 6) is 0.194. The lowest BCUT2D eigenvalue weighted by Gasteiger charge is -2.34. The molecule has 0 saturated carbocycles. The number of tetrazole rings is 1. The van der Waals surface area contributed by atoms with Gasteiger partial charge < -0.3 is 20.0 Å². The first-order valence-corrected chi connectivity index (χ1v) is 11.7. The number of nitrogens with zero attached hydrogens (tertiary/aromatic N) is 8. The second kappa shape index (κ2) is 9.28. The maximum absolute atomic E-state index is 13.3. The van der Waals surface area contributed by atoms with Crippen LogP contribution < -0.4 is 15.1 Å². The van der Waals surface area contributed by atoms with E-state index in [-0.39, 0.29) is 42.6 Å². The molecule has 0 bridgehead atoms. The lowest BCUT2D eigenvalue weighted by molar-refractivity contribution is -0.138. The summed E-state index contributed by atoms with van der Waals surface area (Å²) in [6.07, 6.45) is 1.52. The molecule has 2 aromatic heterocycles. The highest BCUT2D eigenvalue weighted by Crippen LogP contribution is 2.31. The average Bonchev–Trinajstić information content (AvgIpc) is 3.27. The maximum atomic E-state index is 13.3. The van der Waals surface area contributed by atoms with Gasteiger partial charge in [-0.2, -0.15) is 0 Å². The van der Waals surface area contributed by atoms with Crippen LogP contribution in [0.3, 0.4) is 0 Å². The molecule has 4 heterocycles. The van der Waals surface area contributed by atoms with Gasteiger partial charge in [-0.05, 0) is 54.5 Å². The number of hydrogen-bond donors (Lipinski definition) is 1. The second-order valence-electron chi connectivity index (χ2n) is 9.06. The minimum Gasteiger partial charge on any atom is -0.355 e. The quantitative estimate of drug-likeness (QED) is 0.588. The molecular formula is C23H27N9O3. The molecule has 35 heavy (non-hydrogen) atoms. The number of rotatable bonds is 4. The molecule has 1 fully saturated rings. The number of fused-ring (bicyclic) bond motifs is 2. The van der Waals surface area contributed by atoms with Gasteiger partial charge in [-0.1, -0.05) is 12.1 Å². The van der Waals surface area contributed by atoms with E-state index in [0.29, 0.717) is 43.0 Å². The predicted octanol–water partition coefficient (Wildman–Crippen LogP) is 0.958. The Balaban J connectivity index is 1.21. The first-order valence-electron chi connectivity index (χ1n) is 11.7. The number of nitrogens with one attached hydrogen (secondary N) is 1. The van der Waals surface area contributed by atoms with Crippen molar-refractivity contribution in [1.82, 2.24) is 30.2 Å². The zero-order chi connectivity index (χ0) is 24.5. The van der Waals surface area contributed by atoms with Gasteiger partial charge in [0.15, 0.2) is 11.5 Å². The highest BCUT2D eigenvalue weighted by Gasteiger charge is 2.33. The SMILES string of the molecule is CC1CC(=O)Nc2ccccc2N1C(=O)CN(C)C(=O)C1CCN(c2ccc3nnnn3n2)CC1. The number of benzene rings is 1. The van der Waals surface area contributed by atoms with Gasteiger partial charge in [0.05, 0.1) is 17.9 Å². The summed E-state index contributed by atoms with van der Waals surface area (Å²) in [5, 5.41) is 18.6. The lowest BCUT2D eigenvalue weighted by Crippen LogP contribution is -2.48. The van der Waals surface area contributed by atoms with Crippen LogP contribution in [0.1, 0.15) is 26.2 Å². The Morgan fingerprint density at radius 1 is 1.14 bits per heavy atom. The van der Waals surface area contributed by atoms with Gasteiger partial charge in [0, 0.05) is 38.5 Å². The molecule has 2 aliphatic heterocycles. The Bertz CT molecular complexity index is 1270. The molecule has 0 radical (unpaired) electrons. The molecule has 12 heteroatoms. The van der Waals surface area contributed by atoms with Gasteiger partial charge in [0.1, 0.15) is 0 Å². The summed E-state index contributed by atoms with van der Waals surface area (Å²) in [7, 11) is 1.66. The number of anilines is 3. The third kappa shape index (κ3) is 4.51. The van der Waals surface area contributed by atoms with Crippen LogP contribution in [0.2, 0.25) is 0 Å². The van der Waals surface area contributed by atoms with Crippen LogP contribution in [-0.4, -0.2) is 80.6 Å². The largest absolute Gasteiger partial charge is 0.355 e. The van der Waals surface area contributed by atoms with E-state index in [1.807, 2.05) is 37.3 Å².